The van der Waals surface area contributed by atoms with Crippen LogP contribution in [0, 0.1) is 5.41 Å². The van der Waals surface area contributed by atoms with E-state index in [1.54, 1.807) is 12.5 Å². The van der Waals surface area contributed by atoms with Crippen molar-refractivity contribution in [3.05, 3.63) is 138 Å². The molecule has 5 aromatic rings. The number of amides is 3. The SMILES string of the molecule is CC(=O)NC(Cc1c[nH]cn1)C(=O)NC(Cc1ccc2ccccc2c1)[C@@H]1CCN(CC(c2ccccc2)c2ccccc2)C(=O)[C@H](CCCNC(=N)N)N1. The van der Waals surface area contributed by atoms with Crippen molar-refractivity contribution in [1.29, 1.82) is 5.41 Å². The number of carbonyl (C=O) groups excluding carboxylic acids is 3. The van der Waals surface area contributed by atoms with Gasteiger partial charge in [0.25, 0.3) is 0 Å². The first kappa shape index (κ1) is 38.7. The molecule has 4 atom stereocenters. The van der Waals surface area contributed by atoms with E-state index in [-0.39, 0.29) is 42.1 Å². The summed E-state index contributed by atoms with van der Waals surface area (Å²) in [6, 6.07) is 32.9. The Hall–Kier alpha value is -6.01. The van der Waals surface area contributed by atoms with Crippen molar-refractivity contribution in [3.8, 4) is 0 Å². The zero-order valence-electron chi connectivity index (χ0n) is 31.2. The molecule has 0 saturated carbocycles. The van der Waals surface area contributed by atoms with E-state index in [1.807, 2.05) is 53.4 Å². The van der Waals surface area contributed by atoms with Gasteiger partial charge in [-0.1, -0.05) is 103 Å². The Morgan fingerprint density at radius 2 is 1.62 bits per heavy atom. The van der Waals surface area contributed by atoms with Crippen molar-refractivity contribution >= 4 is 34.5 Å². The lowest BCUT2D eigenvalue weighted by Gasteiger charge is -2.31. The molecule has 1 aliphatic heterocycles. The number of nitrogens with zero attached hydrogens (tertiary/aromatic N) is 2. The second-order valence-electron chi connectivity index (χ2n) is 14.3. The van der Waals surface area contributed by atoms with E-state index in [0.717, 1.165) is 27.5 Å². The van der Waals surface area contributed by atoms with Gasteiger partial charge in [0.05, 0.1) is 18.1 Å². The summed E-state index contributed by atoms with van der Waals surface area (Å²) in [6.45, 7) is 2.81. The molecule has 0 spiro atoms. The van der Waals surface area contributed by atoms with Gasteiger partial charge >= 0.3 is 0 Å². The minimum Gasteiger partial charge on any atom is -0.370 e. The Morgan fingerprint density at radius 3 is 2.27 bits per heavy atom. The van der Waals surface area contributed by atoms with Crippen molar-refractivity contribution in [3.63, 3.8) is 0 Å². The highest BCUT2D eigenvalue weighted by Crippen LogP contribution is 2.28. The Labute approximate surface area is 322 Å². The number of nitrogens with two attached hydrogens (primary N) is 1. The summed E-state index contributed by atoms with van der Waals surface area (Å²) in [4.78, 5) is 50.3. The number of hydrogen-bond donors (Lipinski definition) is 7. The maximum absolute atomic E-state index is 14.6. The van der Waals surface area contributed by atoms with Gasteiger partial charge in [-0.3, -0.25) is 19.8 Å². The molecule has 1 fully saturated rings. The molecule has 1 aromatic heterocycles. The lowest BCUT2D eigenvalue weighted by molar-refractivity contribution is -0.133. The van der Waals surface area contributed by atoms with Crippen LogP contribution in [0.15, 0.2) is 116 Å². The Bertz CT molecular complexity index is 1980. The Morgan fingerprint density at radius 1 is 0.927 bits per heavy atom. The molecular formula is C43H51N9O3. The molecule has 6 rings (SSSR count). The molecule has 4 aromatic carbocycles. The molecule has 12 heteroatoms. The molecule has 2 heterocycles. The van der Waals surface area contributed by atoms with Gasteiger partial charge in [0, 0.05) is 57.2 Å². The van der Waals surface area contributed by atoms with Crippen LogP contribution in [0.4, 0.5) is 0 Å². The van der Waals surface area contributed by atoms with Gasteiger partial charge in [0.2, 0.25) is 17.7 Å². The van der Waals surface area contributed by atoms with Gasteiger partial charge in [-0.15, -0.1) is 0 Å². The van der Waals surface area contributed by atoms with E-state index in [2.05, 4.69) is 85.8 Å². The Balaban J connectivity index is 1.32. The van der Waals surface area contributed by atoms with Crippen molar-refractivity contribution in [2.75, 3.05) is 19.6 Å². The molecule has 1 saturated heterocycles. The predicted octanol–water partition coefficient (Wildman–Crippen LogP) is 3.99. The summed E-state index contributed by atoms with van der Waals surface area (Å²) >= 11 is 0. The van der Waals surface area contributed by atoms with Crippen LogP contribution in [0.5, 0.6) is 0 Å². The lowest BCUT2D eigenvalue weighted by atomic mass is 9.90. The minimum absolute atomic E-state index is 0.00683. The normalized spacial score (nSPS) is 17.0. The molecule has 286 valence electrons. The van der Waals surface area contributed by atoms with Crippen molar-refractivity contribution in [2.45, 2.75) is 69.1 Å². The molecule has 0 bridgehead atoms. The number of fused-ring (bicyclic) bond motifs is 1. The lowest BCUT2D eigenvalue weighted by Crippen LogP contribution is -2.58. The monoisotopic (exact) mass is 741 g/mol. The van der Waals surface area contributed by atoms with E-state index in [4.69, 9.17) is 11.1 Å². The van der Waals surface area contributed by atoms with Crippen LogP contribution in [0.25, 0.3) is 10.8 Å². The molecule has 0 aliphatic carbocycles. The molecule has 2 unspecified atom stereocenters. The zero-order valence-corrected chi connectivity index (χ0v) is 31.2. The maximum Gasteiger partial charge on any atom is 0.243 e. The van der Waals surface area contributed by atoms with E-state index >= 15 is 0 Å². The van der Waals surface area contributed by atoms with Crippen LogP contribution in [-0.4, -0.2) is 82.4 Å². The number of nitrogens with one attached hydrogen (secondary N) is 6. The highest BCUT2D eigenvalue weighted by atomic mass is 16.2. The Kier molecular flexibility index (Phi) is 13.3. The number of rotatable bonds is 16. The van der Waals surface area contributed by atoms with Crippen LogP contribution in [0.3, 0.4) is 0 Å². The number of guanidine groups is 1. The topological polar surface area (TPSA) is 181 Å². The average Bonchev–Trinajstić information content (AvgIpc) is 3.65. The third-order valence-corrected chi connectivity index (χ3v) is 10.3. The van der Waals surface area contributed by atoms with Crippen molar-refractivity contribution < 1.29 is 14.4 Å². The first-order valence-corrected chi connectivity index (χ1v) is 19.0. The van der Waals surface area contributed by atoms with Gasteiger partial charge in [-0.25, -0.2) is 4.98 Å². The molecule has 55 heavy (non-hydrogen) atoms. The molecule has 12 nitrogen and oxygen atoms in total. The first-order valence-electron chi connectivity index (χ1n) is 19.0. The van der Waals surface area contributed by atoms with Gasteiger partial charge in [-0.05, 0) is 53.1 Å². The van der Waals surface area contributed by atoms with Crippen LogP contribution in [-0.2, 0) is 27.2 Å². The van der Waals surface area contributed by atoms with E-state index in [0.29, 0.717) is 51.0 Å². The number of aromatic nitrogens is 2. The van der Waals surface area contributed by atoms with Crippen LogP contribution in [0.1, 0.15) is 54.5 Å². The molecule has 8 N–H and O–H groups in total. The third-order valence-electron chi connectivity index (χ3n) is 10.3. The van der Waals surface area contributed by atoms with Crippen molar-refractivity contribution in [1.82, 2.24) is 36.1 Å². The second kappa shape index (κ2) is 18.8. The predicted molar refractivity (Wildman–Crippen MR) is 215 cm³/mol. The van der Waals surface area contributed by atoms with E-state index in [9.17, 15) is 14.4 Å². The average molecular weight is 742 g/mol. The number of aromatic amines is 1. The summed E-state index contributed by atoms with van der Waals surface area (Å²) < 4.78 is 0. The van der Waals surface area contributed by atoms with E-state index in [1.165, 1.54) is 6.92 Å². The third kappa shape index (κ3) is 10.8. The highest BCUT2D eigenvalue weighted by Gasteiger charge is 2.37. The highest BCUT2D eigenvalue weighted by molar-refractivity contribution is 5.87. The second-order valence-corrected chi connectivity index (χ2v) is 14.3. The first-order chi connectivity index (χ1) is 26.7. The van der Waals surface area contributed by atoms with Crippen LogP contribution >= 0.6 is 0 Å². The molecule has 3 amide bonds. The smallest absolute Gasteiger partial charge is 0.243 e. The van der Waals surface area contributed by atoms with E-state index < -0.39 is 18.1 Å². The number of hydrogen-bond acceptors (Lipinski definition) is 6. The van der Waals surface area contributed by atoms with Crippen molar-refractivity contribution in [2.24, 2.45) is 5.73 Å². The quantitative estimate of drug-likeness (QED) is 0.0454. The van der Waals surface area contributed by atoms with Gasteiger partial charge in [0.15, 0.2) is 5.96 Å². The summed E-state index contributed by atoms with van der Waals surface area (Å²) in [7, 11) is 0. The molecule has 1 aliphatic rings. The fourth-order valence-electron chi connectivity index (χ4n) is 7.53. The van der Waals surface area contributed by atoms with Gasteiger partial charge in [0.1, 0.15) is 6.04 Å². The van der Waals surface area contributed by atoms with Gasteiger partial charge in [-0.2, -0.15) is 0 Å². The zero-order chi connectivity index (χ0) is 38.6. The fraction of sp³-hybridized carbons (Fsp3) is 0.326. The van der Waals surface area contributed by atoms with Crippen LogP contribution in [0.2, 0.25) is 0 Å². The van der Waals surface area contributed by atoms with Crippen LogP contribution < -0.4 is 27.0 Å². The summed E-state index contributed by atoms with van der Waals surface area (Å²) in [6.07, 6.45) is 5.64. The largest absolute Gasteiger partial charge is 0.370 e. The van der Waals surface area contributed by atoms with Gasteiger partial charge < -0.3 is 36.9 Å². The maximum atomic E-state index is 14.6. The fourth-order valence-corrected chi connectivity index (χ4v) is 7.53. The minimum atomic E-state index is -0.852. The summed E-state index contributed by atoms with van der Waals surface area (Å²) in [5.74, 6) is -0.811. The molecule has 0 radical (unpaired) electrons. The number of imidazole rings is 1. The number of carbonyl (C=O) groups is 3. The summed E-state index contributed by atoms with van der Waals surface area (Å²) in [5.41, 5.74) is 9.51. The number of H-pyrrole nitrogens is 1. The summed E-state index contributed by atoms with van der Waals surface area (Å²) in [5, 5.41) is 22.5. The standard InChI is InChI=1S/C43H51N9O3/c1-29(53)49-40(25-35-26-46-28-48-35)41(54)51-39(24-30-18-19-31-11-8-9-16-34(31)23-30)37-20-22-52(42(55)38(50-37)17-10-21-47-43(44)45)27-36(32-12-4-2-5-13-32)33-14-6-3-7-15-33/h2-9,11-16,18-19,23,26,28,36-40,50H,10,17,20-22,24-25,27H2,1H3,(H,46,48)(H,49,53)(H,51,54)(H4,44,45,47)/t37-,38-,39?,40?/m0/s1. The molecular weight excluding hydrogens is 691 g/mol. The number of benzene rings is 4.